The van der Waals surface area contributed by atoms with E-state index >= 15 is 0 Å². The number of carbonyl (C=O) groups is 2. The van der Waals surface area contributed by atoms with Crippen molar-refractivity contribution in [2.45, 2.75) is 26.7 Å². The number of carboxylic acids is 1. The van der Waals surface area contributed by atoms with Crippen molar-refractivity contribution in [1.29, 1.82) is 0 Å². The normalized spacial score (nSPS) is 11.9. The number of hydrogen-bond donors (Lipinski definition) is 2. The number of nitrogens with zero attached hydrogens (tertiary/aromatic N) is 1. The average molecular weight is 316 g/mol. The van der Waals surface area contributed by atoms with E-state index in [1.807, 2.05) is 37.3 Å². The quantitative estimate of drug-likeness (QED) is 0.818. The molecule has 1 aromatic carbocycles. The fraction of sp³-hybridized carbons (Fsp3) is 0.353. The smallest absolute Gasteiger partial charge is 0.308 e. The third kappa shape index (κ3) is 4.67. The van der Waals surface area contributed by atoms with Crippen molar-refractivity contribution in [2.24, 2.45) is 5.92 Å². The summed E-state index contributed by atoms with van der Waals surface area (Å²) < 4.78 is 5.73. The molecule has 1 unspecified atom stereocenters. The molecule has 1 atom stereocenters. The zero-order chi connectivity index (χ0) is 16.8. The molecule has 2 aromatic rings. The molecule has 1 heterocycles. The van der Waals surface area contributed by atoms with Crippen LogP contribution in [0, 0.1) is 12.8 Å². The Morgan fingerprint density at radius 1 is 1.30 bits per heavy atom. The number of carboxylic acid groups (broad SMARTS) is 1. The Hall–Kier alpha value is -2.63. The molecule has 0 aliphatic heterocycles. The molecule has 6 heteroatoms. The van der Waals surface area contributed by atoms with Gasteiger partial charge in [0.1, 0.15) is 0 Å². The lowest BCUT2D eigenvalue weighted by Crippen LogP contribution is -2.31. The number of rotatable bonds is 7. The van der Waals surface area contributed by atoms with Gasteiger partial charge in [0.25, 0.3) is 0 Å². The number of hydrogen-bond acceptors (Lipinski definition) is 4. The maximum absolute atomic E-state index is 11.7. The predicted molar refractivity (Wildman–Crippen MR) is 84.8 cm³/mol. The summed E-state index contributed by atoms with van der Waals surface area (Å²) in [5, 5.41) is 11.4. The van der Waals surface area contributed by atoms with E-state index in [1.165, 1.54) is 0 Å². The van der Waals surface area contributed by atoms with Crippen LogP contribution in [0.1, 0.15) is 24.9 Å². The van der Waals surface area contributed by atoms with E-state index in [1.54, 1.807) is 6.92 Å². The Kier molecular flexibility index (Phi) is 5.51. The van der Waals surface area contributed by atoms with E-state index in [0.717, 1.165) is 11.3 Å². The lowest BCUT2D eigenvalue weighted by molar-refractivity contribution is -0.141. The summed E-state index contributed by atoms with van der Waals surface area (Å²) in [4.78, 5) is 26.8. The molecule has 0 bridgehead atoms. The number of aliphatic carboxylic acids is 1. The van der Waals surface area contributed by atoms with Crippen molar-refractivity contribution >= 4 is 11.9 Å². The van der Waals surface area contributed by atoms with Crippen molar-refractivity contribution < 1.29 is 19.1 Å². The monoisotopic (exact) mass is 316 g/mol. The second kappa shape index (κ2) is 7.58. The van der Waals surface area contributed by atoms with Gasteiger partial charge in [-0.05, 0) is 6.92 Å². The van der Waals surface area contributed by atoms with E-state index in [9.17, 15) is 9.59 Å². The molecule has 23 heavy (non-hydrogen) atoms. The molecule has 0 fully saturated rings. The molecule has 0 aliphatic rings. The number of carbonyl (C=O) groups excluding carboxylic acids is 1. The first-order valence-electron chi connectivity index (χ1n) is 7.48. The van der Waals surface area contributed by atoms with Crippen LogP contribution in [0.15, 0.2) is 34.7 Å². The lowest BCUT2D eigenvalue weighted by Gasteiger charge is -2.07. The second-order valence-corrected chi connectivity index (χ2v) is 5.43. The second-order valence-electron chi connectivity index (χ2n) is 5.43. The fourth-order valence-corrected chi connectivity index (χ4v) is 2.08. The van der Waals surface area contributed by atoms with E-state index in [-0.39, 0.29) is 18.9 Å². The van der Waals surface area contributed by atoms with Crippen molar-refractivity contribution in [3.63, 3.8) is 0 Å². The van der Waals surface area contributed by atoms with Gasteiger partial charge in [0.2, 0.25) is 5.91 Å². The average Bonchev–Trinajstić information content (AvgIpc) is 2.92. The molecule has 0 radical (unpaired) electrons. The van der Waals surface area contributed by atoms with Gasteiger partial charge in [-0.3, -0.25) is 9.59 Å². The highest BCUT2D eigenvalue weighted by Crippen LogP contribution is 2.24. The molecule has 1 amide bonds. The van der Waals surface area contributed by atoms with Gasteiger partial charge in [-0.2, -0.15) is 0 Å². The standard InChI is InChI=1S/C17H20N2O4/c1-11(17(21)22)10-18-14(20)8-9-15-19-12(2)16(23-15)13-6-4-3-5-7-13/h3-7,11H,8-10H2,1-2H3,(H,18,20)(H,21,22). The first-order valence-corrected chi connectivity index (χ1v) is 7.48. The summed E-state index contributed by atoms with van der Waals surface area (Å²) >= 11 is 0. The lowest BCUT2D eigenvalue weighted by atomic mass is 10.1. The SMILES string of the molecule is Cc1nc(CCC(=O)NCC(C)C(=O)O)oc1-c1ccccc1. The number of nitrogens with one attached hydrogen (secondary N) is 1. The van der Waals surface area contributed by atoms with Gasteiger partial charge in [0.15, 0.2) is 11.7 Å². The van der Waals surface area contributed by atoms with Gasteiger partial charge in [-0.15, -0.1) is 0 Å². The maximum Gasteiger partial charge on any atom is 0.308 e. The van der Waals surface area contributed by atoms with Gasteiger partial charge in [-0.25, -0.2) is 4.98 Å². The third-order valence-electron chi connectivity index (χ3n) is 3.47. The van der Waals surface area contributed by atoms with E-state index in [0.29, 0.717) is 18.1 Å². The molecule has 0 saturated carbocycles. The fourth-order valence-electron chi connectivity index (χ4n) is 2.08. The first-order chi connectivity index (χ1) is 11.0. The number of oxazole rings is 1. The molecule has 0 saturated heterocycles. The van der Waals surface area contributed by atoms with Gasteiger partial charge in [0, 0.05) is 24.9 Å². The van der Waals surface area contributed by atoms with Crippen LogP contribution in [0.3, 0.4) is 0 Å². The maximum atomic E-state index is 11.7. The molecule has 0 aliphatic carbocycles. The van der Waals surface area contributed by atoms with Crippen LogP contribution < -0.4 is 5.32 Å². The van der Waals surface area contributed by atoms with Crippen LogP contribution in [0.4, 0.5) is 0 Å². The van der Waals surface area contributed by atoms with Crippen molar-refractivity contribution in [1.82, 2.24) is 10.3 Å². The molecule has 6 nitrogen and oxygen atoms in total. The Labute approximate surface area is 134 Å². The Balaban J connectivity index is 1.89. The molecule has 2 rings (SSSR count). The van der Waals surface area contributed by atoms with Crippen LogP contribution in [0.25, 0.3) is 11.3 Å². The van der Waals surface area contributed by atoms with Crippen LogP contribution in [-0.4, -0.2) is 28.5 Å². The largest absolute Gasteiger partial charge is 0.481 e. The van der Waals surface area contributed by atoms with Gasteiger partial charge in [0.05, 0.1) is 11.6 Å². The number of benzene rings is 1. The van der Waals surface area contributed by atoms with Crippen LogP contribution in [0.5, 0.6) is 0 Å². The highest BCUT2D eigenvalue weighted by Gasteiger charge is 2.14. The summed E-state index contributed by atoms with van der Waals surface area (Å²) in [5.41, 5.74) is 1.73. The zero-order valence-corrected chi connectivity index (χ0v) is 13.2. The highest BCUT2D eigenvalue weighted by atomic mass is 16.4. The molecule has 2 N–H and O–H groups in total. The summed E-state index contributed by atoms with van der Waals surface area (Å²) in [6, 6.07) is 9.66. The molecular formula is C17H20N2O4. The molecule has 1 aromatic heterocycles. The minimum atomic E-state index is -0.930. The van der Waals surface area contributed by atoms with Crippen molar-refractivity contribution in [3.8, 4) is 11.3 Å². The van der Waals surface area contributed by atoms with E-state index < -0.39 is 11.9 Å². The Morgan fingerprint density at radius 3 is 2.65 bits per heavy atom. The number of aryl methyl sites for hydroxylation is 2. The topological polar surface area (TPSA) is 92.4 Å². The number of amides is 1. The molecule has 122 valence electrons. The Morgan fingerprint density at radius 2 is 2.00 bits per heavy atom. The summed E-state index contributed by atoms with van der Waals surface area (Å²) in [7, 11) is 0. The zero-order valence-electron chi connectivity index (χ0n) is 13.2. The first kappa shape index (κ1) is 16.7. The molecule has 0 spiro atoms. The predicted octanol–water partition coefficient (Wildman–Crippen LogP) is 2.42. The summed E-state index contributed by atoms with van der Waals surface area (Å²) in [5.74, 6) is -0.535. The van der Waals surface area contributed by atoms with E-state index in [2.05, 4.69) is 10.3 Å². The number of aromatic nitrogens is 1. The van der Waals surface area contributed by atoms with Crippen molar-refractivity contribution in [3.05, 3.63) is 41.9 Å². The minimum absolute atomic E-state index is 0.119. The summed E-state index contributed by atoms with van der Waals surface area (Å²) in [6.07, 6.45) is 0.585. The van der Waals surface area contributed by atoms with E-state index in [4.69, 9.17) is 9.52 Å². The summed E-state index contributed by atoms with van der Waals surface area (Å²) in [6.45, 7) is 3.53. The highest BCUT2D eigenvalue weighted by molar-refractivity contribution is 5.77. The van der Waals surface area contributed by atoms with Crippen molar-refractivity contribution in [2.75, 3.05) is 6.54 Å². The molecular weight excluding hydrogens is 296 g/mol. The van der Waals surface area contributed by atoms with Crippen LogP contribution in [-0.2, 0) is 16.0 Å². The van der Waals surface area contributed by atoms with Crippen LogP contribution in [0.2, 0.25) is 0 Å². The van der Waals surface area contributed by atoms with Gasteiger partial charge >= 0.3 is 5.97 Å². The van der Waals surface area contributed by atoms with Gasteiger partial charge < -0.3 is 14.8 Å². The Bertz CT molecular complexity index is 679. The third-order valence-corrected chi connectivity index (χ3v) is 3.47. The van der Waals surface area contributed by atoms with Crippen LogP contribution >= 0.6 is 0 Å². The minimum Gasteiger partial charge on any atom is -0.481 e. The van der Waals surface area contributed by atoms with Gasteiger partial charge in [-0.1, -0.05) is 37.3 Å².